The molecule has 0 saturated carbocycles. The number of hydrogen-bond donors (Lipinski definition) is 2. The van der Waals surface area contributed by atoms with Crippen LogP contribution in [-0.4, -0.2) is 47.5 Å². The van der Waals surface area contributed by atoms with Crippen LogP contribution in [0.2, 0.25) is 0 Å². The Labute approximate surface area is 84.8 Å². The Hall–Kier alpha value is -0.745. The Bertz CT molecular complexity index is 167. The lowest BCUT2D eigenvalue weighted by molar-refractivity contribution is 0.293. The molecule has 1 heterocycles. The third-order valence-electron chi connectivity index (χ3n) is 1.74. The molecule has 14 heavy (non-hydrogen) atoms. The molecule has 0 unspecified atom stereocenters. The maximum Gasteiger partial charge on any atom is 0.674 e. The minimum atomic E-state index is -2.67. The van der Waals surface area contributed by atoms with Gasteiger partial charge in [0.25, 0.3) is 0 Å². The molecule has 0 aliphatic carbocycles. The minimum absolute atomic E-state index is 1.07. The van der Waals surface area contributed by atoms with Crippen LogP contribution in [-0.2, 0) is 0 Å². The molecule has 2 N–H and O–H groups in total. The predicted octanol–water partition coefficient (Wildman–Crippen LogP) is 0.388. The number of halogens is 1. The van der Waals surface area contributed by atoms with E-state index in [4.69, 9.17) is 10.0 Å². The van der Waals surface area contributed by atoms with E-state index in [1.807, 2.05) is 0 Å². The number of nitrogens with zero attached hydrogens (tertiary/aromatic N) is 2. The molecule has 1 aliphatic rings. The Morgan fingerprint density at radius 2 is 2.00 bits per heavy atom. The van der Waals surface area contributed by atoms with Gasteiger partial charge in [0.15, 0.2) is 0 Å². The van der Waals surface area contributed by atoms with E-state index in [0.29, 0.717) is 0 Å². The Morgan fingerprint density at radius 3 is 2.36 bits per heavy atom. The summed E-state index contributed by atoms with van der Waals surface area (Å²) in [6.07, 6.45) is 6.87. The molecule has 1 rings (SSSR count). The van der Waals surface area contributed by atoms with E-state index in [1.54, 1.807) is 0 Å². The zero-order valence-corrected chi connectivity index (χ0v) is 8.73. The molecule has 0 amide bonds. The molecule has 0 atom stereocenters. The predicted molar refractivity (Wildman–Crippen MR) is 54.7 cm³/mol. The molecule has 82 valence electrons. The highest BCUT2D eigenvalue weighted by molar-refractivity contribution is 6.31. The summed E-state index contributed by atoms with van der Waals surface area (Å²) in [6, 6.07) is 0. The van der Waals surface area contributed by atoms with Crippen molar-refractivity contribution < 1.29 is 14.4 Å². The highest BCUT2D eigenvalue weighted by Gasteiger charge is 2.05. The quantitative estimate of drug-likeness (QED) is 0.652. The van der Waals surface area contributed by atoms with Crippen molar-refractivity contribution in [3.8, 4) is 0 Å². The first-order chi connectivity index (χ1) is 6.56. The molecule has 0 aromatic carbocycles. The van der Waals surface area contributed by atoms with Crippen molar-refractivity contribution in [2.75, 3.05) is 20.3 Å². The van der Waals surface area contributed by atoms with Crippen LogP contribution in [0.25, 0.3) is 0 Å². The molecule has 4 nitrogen and oxygen atoms in total. The molecule has 0 bridgehead atoms. The fourth-order valence-electron chi connectivity index (χ4n) is 1.10. The summed E-state index contributed by atoms with van der Waals surface area (Å²) in [5, 5.41) is 13.9. The summed E-state index contributed by atoms with van der Waals surface area (Å²) in [5.74, 6) is 0. The lowest BCUT2D eigenvalue weighted by atomic mass is 10.3. The van der Waals surface area contributed by atoms with Gasteiger partial charge >= 0.3 is 7.40 Å². The van der Waals surface area contributed by atoms with E-state index >= 15 is 0 Å². The molecular formula is C8H18BFN2O2. The second kappa shape index (κ2) is 7.64. The van der Waals surface area contributed by atoms with Crippen LogP contribution in [0.3, 0.4) is 0 Å². The van der Waals surface area contributed by atoms with Crippen molar-refractivity contribution in [3.63, 3.8) is 0 Å². The van der Waals surface area contributed by atoms with Gasteiger partial charge in [-0.2, -0.15) is 0 Å². The first kappa shape index (κ1) is 13.3. The average Bonchev–Trinajstić information content (AvgIpc) is 2.47. The van der Waals surface area contributed by atoms with Gasteiger partial charge in [0.1, 0.15) is 0 Å². The largest absolute Gasteiger partial charge is 0.674 e. The average molecular weight is 204 g/mol. The molecular weight excluding hydrogens is 186 g/mol. The van der Waals surface area contributed by atoms with Gasteiger partial charge in [-0.15, -0.1) is 0 Å². The molecule has 0 aromatic rings. The number of rotatable bonds is 3. The Balaban J connectivity index is 0.000000364. The molecule has 0 aromatic heterocycles. The highest BCUT2D eigenvalue weighted by Crippen LogP contribution is 2.04. The third-order valence-corrected chi connectivity index (χ3v) is 1.74. The Kier molecular flexibility index (Phi) is 7.23. The zero-order valence-electron chi connectivity index (χ0n) is 8.73. The topological polar surface area (TPSA) is 46.9 Å². The van der Waals surface area contributed by atoms with Gasteiger partial charge in [0, 0.05) is 26.0 Å². The molecule has 0 radical (unpaired) electrons. The van der Waals surface area contributed by atoms with Gasteiger partial charge in [-0.3, -0.25) is 4.32 Å². The Morgan fingerprint density at radius 1 is 1.43 bits per heavy atom. The zero-order chi connectivity index (χ0) is 11.0. The van der Waals surface area contributed by atoms with Crippen LogP contribution in [0.15, 0.2) is 12.4 Å². The highest BCUT2D eigenvalue weighted by atomic mass is 19.1. The summed E-state index contributed by atoms with van der Waals surface area (Å²) in [6.45, 7) is 4.50. The normalized spacial score (nSPS) is 14.1. The summed E-state index contributed by atoms with van der Waals surface area (Å²) < 4.78 is 10.1. The van der Waals surface area contributed by atoms with Gasteiger partial charge < -0.3 is 19.8 Å². The monoisotopic (exact) mass is 204 g/mol. The van der Waals surface area contributed by atoms with Gasteiger partial charge in [-0.1, -0.05) is 13.3 Å². The minimum Gasteiger partial charge on any atom is -0.398 e. The summed E-state index contributed by atoms with van der Waals surface area (Å²) in [5.41, 5.74) is 0. The fraction of sp³-hybridized carbons (Fsp3) is 0.750. The smallest absolute Gasteiger partial charge is 0.398 e. The summed E-state index contributed by atoms with van der Waals surface area (Å²) in [7, 11) is -0.567. The van der Waals surface area contributed by atoms with E-state index in [2.05, 4.69) is 36.2 Å². The van der Waals surface area contributed by atoms with Gasteiger partial charge in [-0.25, -0.2) is 0 Å². The van der Waals surface area contributed by atoms with E-state index in [9.17, 15) is 4.32 Å². The summed E-state index contributed by atoms with van der Waals surface area (Å²) >= 11 is 0. The first-order valence-corrected chi connectivity index (χ1v) is 4.69. The van der Waals surface area contributed by atoms with Crippen LogP contribution >= 0.6 is 0 Å². The van der Waals surface area contributed by atoms with Gasteiger partial charge in [-0.05, 0) is 6.42 Å². The van der Waals surface area contributed by atoms with E-state index in [1.165, 1.54) is 19.4 Å². The van der Waals surface area contributed by atoms with Crippen molar-refractivity contribution in [3.05, 3.63) is 12.4 Å². The SMILES string of the molecule is CCCCN1C=CN(C)C1.OB(O)F. The number of hydrogen-bond acceptors (Lipinski definition) is 4. The lowest BCUT2D eigenvalue weighted by Gasteiger charge is -2.17. The molecule has 1 aliphatic heterocycles. The van der Waals surface area contributed by atoms with Gasteiger partial charge in [0.2, 0.25) is 0 Å². The van der Waals surface area contributed by atoms with E-state index in [0.717, 1.165) is 6.67 Å². The standard InChI is InChI=1S/C8H16N2.BFH2O2/c1-3-4-5-10-7-6-9(2)8-10;2-1(3)4/h6-7H,3-5,8H2,1-2H3;3-4H. The lowest BCUT2D eigenvalue weighted by Crippen LogP contribution is -2.23. The molecule has 6 heteroatoms. The van der Waals surface area contributed by atoms with Crippen LogP contribution in [0, 0.1) is 0 Å². The molecule has 0 fully saturated rings. The fourth-order valence-corrected chi connectivity index (χ4v) is 1.10. The molecule has 0 spiro atoms. The van der Waals surface area contributed by atoms with Gasteiger partial charge in [0.05, 0.1) is 6.67 Å². The third kappa shape index (κ3) is 7.88. The van der Waals surface area contributed by atoms with E-state index < -0.39 is 7.40 Å². The van der Waals surface area contributed by atoms with Crippen molar-refractivity contribution in [2.45, 2.75) is 19.8 Å². The molecule has 0 saturated heterocycles. The second-order valence-corrected chi connectivity index (χ2v) is 3.17. The maximum absolute atomic E-state index is 10.1. The van der Waals surface area contributed by atoms with Crippen LogP contribution in [0.4, 0.5) is 4.32 Å². The van der Waals surface area contributed by atoms with Crippen LogP contribution in [0.1, 0.15) is 19.8 Å². The summed E-state index contributed by atoms with van der Waals surface area (Å²) in [4.78, 5) is 4.53. The first-order valence-electron chi connectivity index (χ1n) is 4.69. The van der Waals surface area contributed by atoms with Crippen LogP contribution < -0.4 is 0 Å². The number of unbranched alkanes of at least 4 members (excludes halogenated alkanes) is 1. The van der Waals surface area contributed by atoms with E-state index in [-0.39, 0.29) is 0 Å². The van der Waals surface area contributed by atoms with Crippen molar-refractivity contribution >= 4 is 7.40 Å². The van der Waals surface area contributed by atoms with Crippen molar-refractivity contribution in [2.24, 2.45) is 0 Å². The van der Waals surface area contributed by atoms with Crippen molar-refractivity contribution in [1.29, 1.82) is 0 Å². The van der Waals surface area contributed by atoms with Crippen LogP contribution in [0.5, 0.6) is 0 Å². The van der Waals surface area contributed by atoms with Crippen molar-refractivity contribution in [1.82, 2.24) is 9.80 Å². The second-order valence-electron chi connectivity index (χ2n) is 3.17. The maximum atomic E-state index is 10.1.